The zero-order valence-electron chi connectivity index (χ0n) is 12.1. The molecule has 1 heterocycles. The largest absolute Gasteiger partial charge is 0.458 e. The Morgan fingerprint density at radius 3 is 1.94 bits per heavy atom. The Morgan fingerprint density at radius 1 is 0.778 bits per heavy atom. The van der Waals surface area contributed by atoms with E-state index in [9.17, 15) is 0 Å². The standard InChI is InChI=1S/C16H22O2/c1-15(2,3)11-9-12(16(4,5)6)14-13(10-11)17-7-8-18-14/h7-10H,1-6H3. The number of hydrogen-bond acceptors (Lipinski definition) is 2. The van der Waals surface area contributed by atoms with Crippen LogP contribution in [0.25, 0.3) is 0 Å². The van der Waals surface area contributed by atoms with Crippen molar-refractivity contribution in [2.75, 3.05) is 0 Å². The molecule has 0 fully saturated rings. The minimum Gasteiger partial charge on any atom is -0.458 e. The molecule has 2 rings (SSSR count). The van der Waals surface area contributed by atoms with Crippen LogP contribution in [-0.4, -0.2) is 0 Å². The van der Waals surface area contributed by atoms with Gasteiger partial charge in [-0.25, -0.2) is 0 Å². The highest BCUT2D eigenvalue weighted by Gasteiger charge is 2.27. The summed E-state index contributed by atoms with van der Waals surface area (Å²) in [5, 5.41) is 0. The molecule has 0 aliphatic carbocycles. The fourth-order valence-electron chi connectivity index (χ4n) is 2.00. The molecule has 1 aromatic rings. The van der Waals surface area contributed by atoms with Crippen molar-refractivity contribution in [1.82, 2.24) is 0 Å². The molecule has 0 radical (unpaired) electrons. The second-order valence-corrected chi connectivity index (χ2v) is 6.86. The summed E-state index contributed by atoms with van der Waals surface area (Å²) < 4.78 is 11.2. The third-order valence-electron chi connectivity index (χ3n) is 3.17. The predicted octanol–water partition coefficient (Wildman–Crippen LogP) is 4.52. The Morgan fingerprint density at radius 2 is 1.39 bits per heavy atom. The van der Waals surface area contributed by atoms with Crippen molar-refractivity contribution < 1.29 is 9.47 Å². The Balaban J connectivity index is 2.65. The van der Waals surface area contributed by atoms with Crippen LogP contribution >= 0.6 is 0 Å². The average molecular weight is 246 g/mol. The number of fused-ring (bicyclic) bond motifs is 1. The molecular formula is C16H22O2. The third-order valence-corrected chi connectivity index (χ3v) is 3.17. The van der Waals surface area contributed by atoms with Crippen LogP contribution < -0.4 is 9.47 Å². The van der Waals surface area contributed by atoms with Gasteiger partial charge in [0.25, 0.3) is 0 Å². The lowest BCUT2D eigenvalue weighted by atomic mass is 9.80. The SMILES string of the molecule is CC(C)(C)c1cc2c(c(C(C)(C)C)c1)OC=CO2. The Bertz CT molecular complexity index is 485. The quantitative estimate of drug-likeness (QED) is 0.670. The highest BCUT2D eigenvalue weighted by atomic mass is 16.5. The van der Waals surface area contributed by atoms with Crippen LogP contribution in [0.3, 0.4) is 0 Å². The maximum absolute atomic E-state index is 5.64. The van der Waals surface area contributed by atoms with Crippen LogP contribution in [-0.2, 0) is 10.8 Å². The van der Waals surface area contributed by atoms with Gasteiger partial charge in [0.05, 0.1) is 0 Å². The summed E-state index contributed by atoms with van der Waals surface area (Å²) in [7, 11) is 0. The van der Waals surface area contributed by atoms with Crippen molar-refractivity contribution in [3.8, 4) is 11.5 Å². The van der Waals surface area contributed by atoms with Gasteiger partial charge in [0.2, 0.25) is 0 Å². The normalized spacial score (nSPS) is 14.8. The first kappa shape index (κ1) is 13.0. The molecule has 0 bridgehead atoms. The van der Waals surface area contributed by atoms with Crippen LogP contribution in [0.4, 0.5) is 0 Å². The summed E-state index contributed by atoms with van der Waals surface area (Å²) in [5.41, 5.74) is 2.58. The Kier molecular flexibility index (Phi) is 2.92. The molecule has 0 atom stereocenters. The molecule has 2 nitrogen and oxygen atoms in total. The highest BCUT2D eigenvalue weighted by molar-refractivity contribution is 5.54. The maximum atomic E-state index is 5.64. The fourth-order valence-corrected chi connectivity index (χ4v) is 2.00. The van der Waals surface area contributed by atoms with Gasteiger partial charge in [0.1, 0.15) is 12.5 Å². The summed E-state index contributed by atoms with van der Waals surface area (Å²) >= 11 is 0. The van der Waals surface area contributed by atoms with E-state index in [2.05, 4.69) is 53.7 Å². The smallest absolute Gasteiger partial charge is 0.172 e. The van der Waals surface area contributed by atoms with Crippen LogP contribution in [0.2, 0.25) is 0 Å². The molecular weight excluding hydrogens is 224 g/mol. The van der Waals surface area contributed by atoms with E-state index in [1.807, 2.05) is 0 Å². The molecule has 18 heavy (non-hydrogen) atoms. The minimum absolute atomic E-state index is 0.0277. The van der Waals surface area contributed by atoms with Gasteiger partial charge in [0, 0.05) is 5.56 Å². The fraction of sp³-hybridized carbons (Fsp3) is 0.500. The van der Waals surface area contributed by atoms with Crippen LogP contribution in [0.15, 0.2) is 24.7 Å². The van der Waals surface area contributed by atoms with E-state index in [0.717, 1.165) is 11.5 Å². The lowest BCUT2D eigenvalue weighted by Gasteiger charge is -2.29. The van der Waals surface area contributed by atoms with Crippen molar-refractivity contribution in [3.05, 3.63) is 35.8 Å². The zero-order chi connectivity index (χ0) is 13.6. The number of ether oxygens (including phenoxy) is 2. The van der Waals surface area contributed by atoms with Crippen molar-refractivity contribution >= 4 is 0 Å². The summed E-state index contributed by atoms with van der Waals surface area (Å²) in [5.74, 6) is 1.66. The van der Waals surface area contributed by atoms with E-state index in [0.29, 0.717) is 0 Å². The first-order valence-corrected chi connectivity index (χ1v) is 6.37. The van der Waals surface area contributed by atoms with Crippen LogP contribution in [0.5, 0.6) is 11.5 Å². The lowest BCUT2D eigenvalue weighted by Crippen LogP contribution is -2.18. The topological polar surface area (TPSA) is 18.5 Å². The van der Waals surface area contributed by atoms with Gasteiger partial charge in [-0.1, -0.05) is 47.6 Å². The van der Waals surface area contributed by atoms with Gasteiger partial charge in [-0.05, 0) is 22.5 Å². The molecule has 1 aliphatic rings. The predicted molar refractivity (Wildman–Crippen MR) is 74.2 cm³/mol. The third kappa shape index (κ3) is 2.38. The molecule has 0 aromatic heterocycles. The van der Waals surface area contributed by atoms with Crippen LogP contribution in [0.1, 0.15) is 52.7 Å². The number of rotatable bonds is 0. The van der Waals surface area contributed by atoms with E-state index in [1.165, 1.54) is 11.1 Å². The number of hydrogen-bond donors (Lipinski definition) is 0. The van der Waals surface area contributed by atoms with Crippen molar-refractivity contribution in [1.29, 1.82) is 0 Å². The molecule has 1 aromatic carbocycles. The molecule has 98 valence electrons. The molecule has 2 heteroatoms. The van der Waals surface area contributed by atoms with E-state index < -0.39 is 0 Å². The maximum Gasteiger partial charge on any atom is 0.172 e. The van der Waals surface area contributed by atoms with Crippen molar-refractivity contribution in [2.45, 2.75) is 52.4 Å². The van der Waals surface area contributed by atoms with Crippen molar-refractivity contribution in [3.63, 3.8) is 0 Å². The van der Waals surface area contributed by atoms with E-state index in [4.69, 9.17) is 9.47 Å². The van der Waals surface area contributed by atoms with Gasteiger partial charge in [0.15, 0.2) is 11.5 Å². The molecule has 0 saturated carbocycles. The van der Waals surface area contributed by atoms with Crippen LogP contribution in [0, 0.1) is 0 Å². The van der Waals surface area contributed by atoms with E-state index in [-0.39, 0.29) is 10.8 Å². The summed E-state index contributed by atoms with van der Waals surface area (Å²) in [6.07, 6.45) is 3.18. The van der Waals surface area contributed by atoms with Gasteiger partial charge >= 0.3 is 0 Å². The molecule has 0 spiro atoms. The molecule has 0 N–H and O–H groups in total. The minimum atomic E-state index is 0.0277. The molecule has 0 saturated heterocycles. The molecule has 1 aliphatic heterocycles. The monoisotopic (exact) mass is 246 g/mol. The second kappa shape index (κ2) is 4.04. The van der Waals surface area contributed by atoms with Gasteiger partial charge < -0.3 is 9.47 Å². The summed E-state index contributed by atoms with van der Waals surface area (Å²) in [4.78, 5) is 0. The zero-order valence-corrected chi connectivity index (χ0v) is 12.1. The summed E-state index contributed by atoms with van der Waals surface area (Å²) in [6.45, 7) is 13.2. The average Bonchev–Trinajstić information content (AvgIpc) is 2.25. The van der Waals surface area contributed by atoms with Gasteiger partial charge in [-0.3, -0.25) is 0 Å². The molecule has 0 unspecified atom stereocenters. The Hall–Kier alpha value is -1.44. The first-order chi connectivity index (χ1) is 8.19. The lowest BCUT2D eigenvalue weighted by molar-refractivity contribution is 0.350. The molecule has 0 amide bonds. The first-order valence-electron chi connectivity index (χ1n) is 6.37. The second-order valence-electron chi connectivity index (χ2n) is 6.86. The van der Waals surface area contributed by atoms with E-state index >= 15 is 0 Å². The van der Waals surface area contributed by atoms with Gasteiger partial charge in [-0.2, -0.15) is 0 Å². The number of benzene rings is 1. The van der Waals surface area contributed by atoms with Gasteiger partial charge in [-0.15, -0.1) is 0 Å². The van der Waals surface area contributed by atoms with E-state index in [1.54, 1.807) is 12.5 Å². The van der Waals surface area contributed by atoms with Crippen molar-refractivity contribution in [2.24, 2.45) is 0 Å². The Labute approximate surface area is 110 Å². The highest BCUT2D eigenvalue weighted by Crippen LogP contribution is 2.43. The summed E-state index contributed by atoms with van der Waals surface area (Å²) in [6, 6.07) is 4.31.